The first kappa shape index (κ1) is 9.52. The number of carbonyl (C=O) groups excluding carboxylic acids is 2. The molecule has 5 nitrogen and oxygen atoms in total. The lowest BCUT2D eigenvalue weighted by Crippen LogP contribution is -2.23. The molecule has 0 aromatic carbocycles. The van der Waals surface area contributed by atoms with E-state index in [9.17, 15) is 9.59 Å². The zero-order valence-corrected chi connectivity index (χ0v) is 6.20. The van der Waals surface area contributed by atoms with Gasteiger partial charge in [-0.1, -0.05) is 0 Å². The number of rotatable bonds is 4. The summed E-state index contributed by atoms with van der Waals surface area (Å²) in [6.45, 7) is 1.64. The molecule has 1 amide bonds. The minimum Gasteiger partial charge on any atom is -0.361 e. The number of Topliss-reactive ketones (excluding diaryl/α,β-unsaturated/α-hetero) is 1. The van der Waals surface area contributed by atoms with E-state index in [1.807, 2.05) is 0 Å². The Bertz CT molecular complexity index is 206. The van der Waals surface area contributed by atoms with Crippen LogP contribution in [-0.4, -0.2) is 29.2 Å². The summed E-state index contributed by atoms with van der Waals surface area (Å²) in [6.07, 6.45) is 0.964. The Labute approximate surface area is 64.0 Å². The third kappa shape index (κ3) is 6.40. The standard InChI is InChI=1S/C6H9N3O2/c1-5(10)8-3-2-6(11)4-9-7/h4H,2-3H2,1H3,(H,8,10). The third-order valence-electron chi connectivity index (χ3n) is 0.947. The van der Waals surface area contributed by atoms with E-state index in [0.717, 1.165) is 6.21 Å². The Morgan fingerprint density at radius 3 is 2.73 bits per heavy atom. The molecule has 60 valence electrons. The van der Waals surface area contributed by atoms with Crippen LogP contribution in [0.5, 0.6) is 0 Å². The Balaban J connectivity index is 3.47. The van der Waals surface area contributed by atoms with Crippen LogP contribution in [0.1, 0.15) is 13.3 Å². The smallest absolute Gasteiger partial charge is 0.323 e. The van der Waals surface area contributed by atoms with E-state index in [0.29, 0.717) is 0 Å². The van der Waals surface area contributed by atoms with Crippen LogP contribution in [0.4, 0.5) is 0 Å². The number of nitrogens with zero attached hydrogens (tertiary/aromatic N) is 2. The van der Waals surface area contributed by atoms with Gasteiger partial charge in [-0.2, -0.15) is 4.79 Å². The number of amides is 1. The summed E-state index contributed by atoms with van der Waals surface area (Å²) in [6, 6.07) is 0. The molecule has 11 heavy (non-hydrogen) atoms. The minimum absolute atomic E-state index is 0.156. The lowest BCUT2D eigenvalue weighted by Gasteiger charge is -1.95. The molecule has 0 aliphatic carbocycles. The van der Waals surface area contributed by atoms with Crippen LogP contribution in [0, 0.1) is 0 Å². The fraction of sp³-hybridized carbons (Fsp3) is 0.500. The van der Waals surface area contributed by atoms with Crippen molar-refractivity contribution in [1.29, 1.82) is 0 Å². The molecule has 0 bridgehead atoms. The van der Waals surface area contributed by atoms with Gasteiger partial charge in [0.05, 0.1) is 0 Å². The summed E-state index contributed by atoms with van der Waals surface area (Å²) in [5.74, 6) is -0.500. The van der Waals surface area contributed by atoms with Crippen LogP contribution in [0.3, 0.4) is 0 Å². The molecule has 0 rings (SSSR count). The van der Waals surface area contributed by atoms with Crippen LogP contribution in [0.2, 0.25) is 0 Å². The molecule has 0 fully saturated rings. The topological polar surface area (TPSA) is 82.6 Å². The molecule has 0 aliphatic rings. The summed E-state index contributed by atoms with van der Waals surface area (Å²) >= 11 is 0. The van der Waals surface area contributed by atoms with E-state index >= 15 is 0 Å². The van der Waals surface area contributed by atoms with Crippen LogP contribution in [0.25, 0.3) is 5.53 Å². The first-order valence-corrected chi connectivity index (χ1v) is 3.11. The quantitative estimate of drug-likeness (QED) is 0.333. The lowest BCUT2D eigenvalue weighted by atomic mass is 10.3. The molecule has 5 heteroatoms. The van der Waals surface area contributed by atoms with E-state index < -0.39 is 0 Å². The van der Waals surface area contributed by atoms with E-state index in [4.69, 9.17) is 5.53 Å². The maximum atomic E-state index is 10.6. The van der Waals surface area contributed by atoms with Gasteiger partial charge in [-0.15, -0.1) is 0 Å². The summed E-state index contributed by atoms with van der Waals surface area (Å²) in [7, 11) is 0. The van der Waals surface area contributed by atoms with Crippen molar-refractivity contribution in [2.75, 3.05) is 6.54 Å². The summed E-state index contributed by atoms with van der Waals surface area (Å²) in [5.41, 5.74) is 7.91. The highest BCUT2D eigenvalue weighted by Crippen LogP contribution is 1.75. The van der Waals surface area contributed by atoms with Gasteiger partial charge < -0.3 is 10.8 Å². The average molecular weight is 155 g/mol. The van der Waals surface area contributed by atoms with Crippen molar-refractivity contribution in [2.24, 2.45) is 0 Å². The van der Waals surface area contributed by atoms with Crippen LogP contribution in [0.15, 0.2) is 0 Å². The fourth-order valence-corrected chi connectivity index (χ4v) is 0.491. The zero-order chi connectivity index (χ0) is 8.69. The van der Waals surface area contributed by atoms with Gasteiger partial charge in [-0.3, -0.25) is 9.59 Å². The lowest BCUT2D eigenvalue weighted by molar-refractivity contribution is -0.119. The van der Waals surface area contributed by atoms with Gasteiger partial charge in [0, 0.05) is 19.9 Å². The van der Waals surface area contributed by atoms with E-state index in [1.54, 1.807) is 0 Å². The normalized spacial score (nSPS) is 8.09. The molecule has 0 saturated carbocycles. The van der Waals surface area contributed by atoms with Crippen LogP contribution in [-0.2, 0) is 9.59 Å². The van der Waals surface area contributed by atoms with Crippen molar-refractivity contribution in [3.05, 3.63) is 5.53 Å². The summed E-state index contributed by atoms with van der Waals surface area (Å²) < 4.78 is 0. The zero-order valence-electron chi connectivity index (χ0n) is 6.20. The van der Waals surface area contributed by atoms with Gasteiger partial charge in [-0.25, -0.2) is 0 Å². The highest BCUT2D eigenvalue weighted by Gasteiger charge is 2.01. The van der Waals surface area contributed by atoms with E-state index in [2.05, 4.69) is 10.1 Å². The minimum atomic E-state index is -0.318. The highest BCUT2D eigenvalue weighted by molar-refractivity contribution is 6.25. The number of nitrogens with one attached hydrogen (secondary N) is 1. The van der Waals surface area contributed by atoms with Crippen molar-refractivity contribution >= 4 is 17.9 Å². The van der Waals surface area contributed by atoms with Gasteiger partial charge >= 0.3 is 6.21 Å². The van der Waals surface area contributed by atoms with Gasteiger partial charge in [0.15, 0.2) is 0 Å². The Morgan fingerprint density at radius 2 is 2.27 bits per heavy atom. The van der Waals surface area contributed by atoms with E-state index in [-0.39, 0.29) is 24.7 Å². The molecule has 0 heterocycles. The molecule has 0 saturated heterocycles. The Morgan fingerprint density at radius 1 is 1.64 bits per heavy atom. The second-order valence-electron chi connectivity index (χ2n) is 1.94. The maximum Gasteiger partial charge on any atom is 0.323 e. The maximum absolute atomic E-state index is 10.6. The van der Waals surface area contributed by atoms with Gasteiger partial charge in [0.2, 0.25) is 11.7 Å². The first-order chi connectivity index (χ1) is 5.16. The first-order valence-electron chi connectivity index (χ1n) is 3.11. The Kier molecular flexibility index (Phi) is 4.60. The van der Waals surface area contributed by atoms with Crippen molar-refractivity contribution < 1.29 is 14.4 Å². The molecule has 0 atom stereocenters. The van der Waals surface area contributed by atoms with Gasteiger partial charge in [-0.05, 0) is 0 Å². The Hall–Kier alpha value is -1.48. The van der Waals surface area contributed by atoms with Crippen molar-refractivity contribution in [3.8, 4) is 0 Å². The predicted molar refractivity (Wildman–Crippen MR) is 38.0 cm³/mol. The van der Waals surface area contributed by atoms with Crippen molar-refractivity contribution in [3.63, 3.8) is 0 Å². The monoisotopic (exact) mass is 155 g/mol. The second kappa shape index (κ2) is 5.32. The molecule has 0 unspecified atom stereocenters. The number of ketones is 1. The molecular weight excluding hydrogens is 146 g/mol. The number of hydrogen-bond donors (Lipinski definition) is 1. The fourth-order valence-electron chi connectivity index (χ4n) is 0.491. The number of carbonyl (C=O) groups is 2. The predicted octanol–water partition coefficient (Wildman–Crippen LogP) is -0.618. The third-order valence-corrected chi connectivity index (χ3v) is 0.947. The van der Waals surface area contributed by atoms with Gasteiger partial charge in [0.1, 0.15) is 0 Å². The summed E-state index contributed by atoms with van der Waals surface area (Å²) in [4.78, 5) is 23.4. The van der Waals surface area contributed by atoms with Crippen LogP contribution >= 0.6 is 0 Å². The van der Waals surface area contributed by atoms with Crippen molar-refractivity contribution in [2.45, 2.75) is 13.3 Å². The average Bonchev–Trinajstić information content (AvgIpc) is 1.87. The molecule has 0 spiro atoms. The molecule has 0 radical (unpaired) electrons. The molecule has 0 aliphatic heterocycles. The molecule has 0 aromatic heterocycles. The van der Waals surface area contributed by atoms with Crippen molar-refractivity contribution in [1.82, 2.24) is 5.32 Å². The highest BCUT2D eigenvalue weighted by atomic mass is 16.1. The molecular formula is C6H9N3O2. The SMILES string of the molecule is CC(=O)NCCC(=O)C=[N+]=[N-]. The number of hydrogen-bond acceptors (Lipinski definition) is 2. The largest absolute Gasteiger partial charge is 0.361 e. The molecule has 0 aromatic rings. The van der Waals surface area contributed by atoms with E-state index in [1.165, 1.54) is 6.92 Å². The second-order valence-corrected chi connectivity index (χ2v) is 1.94. The molecule has 1 N–H and O–H groups in total. The van der Waals surface area contributed by atoms with Crippen LogP contribution < -0.4 is 5.32 Å². The van der Waals surface area contributed by atoms with Gasteiger partial charge in [0.25, 0.3) is 0 Å². The summed E-state index contributed by atoms with van der Waals surface area (Å²) in [5, 5.41) is 2.43.